The molecule has 0 spiro atoms. The largest absolute Gasteiger partial charge is 0.478 e. The van der Waals surface area contributed by atoms with E-state index in [1.165, 1.54) is 11.6 Å². The van der Waals surface area contributed by atoms with Crippen LogP contribution in [-0.4, -0.2) is 71.0 Å². The van der Waals surface area contributed by atoms with Crippen LogP contribution in [0.1, 0.15) is 64.1 Å². The van der Waals surface area contributed by atoms with E-state index in [1.54, 1.807) is 27.0 Å². The maximum atomic E-state index is 13.0. The van der Waals surface area contributed by atoms with Crippen LogP contribution in [0.2, 0.25) is 0 Å². The van der Waals surface area contributed by atoms with Crippen LogP contribution in [0, 0.1) is 5.41 Å². The average Bonchev–Trinajstić information content (AvgIpc) is 3.21. The molecule has 1 aromatic rings. The SMILES string of the molecule is CC(=O)SCCNC(=O)CCNC(=O)[C@@H]1O[P@@](=O)(OCOC(=O)c2cc(C(C)(C)C)nn2C)OCC1(C)C. The van der Waals surface area contributed by atoms with Crippen molar-refractivity contribution in [3.05, 3.63) is 17.5 Å². The minimum atomic E-state index is -4.23. The van der Waals surface area contributed by atoms with Crippen molar-refractivity contribution in [1.82, 2.24) is 20.4 Å². The van der Waals surface area contributed by atoms with Crippen molar-refractivity contribution < 1.29 is 42.1 Å². The van der Waals surface area contributed by atoms with Crippen molar-refractivity contribution in [2.24, 2.45) is 12.5 Å². The second kappa shape index (κ2) is 13.2. The summed E-state index contributed by atoms with van der Waals surface area (Å²) in [6.07, 6.45) is -1.20. The number of aromatic nitrogens is 2. The van der Waals surface area contributed by atoms with Crippen LogP contribution in [0.15, 0.2) is 6.07 Å². The Balaban J connectivity index is 1.86. The highest BCUT2D eigenvalue weighted by atomic mass is 32.2. The van der Waals surface area contributed by atoms with Crippen LogP contribution in [0.3, 0.4) is 0 Å². The number of hydrogen-bond acceptors (Lipinski definition) is 11. The Hall–Kier alpha value is -2.25. The van der Waals surface area contributed by atoms with Gasteiger partial charge in [-0.3, -0.25) is 28.1 Å². The number of nitrogens with one attached hydrogen (secondary N) is 2. The van der Waals surface area contributed by atoms with Gasteiger partial charge >= 0.3 is 13.8 Å². The summed E-state index contributed by atoms with van der Waals surface area (Å²) in [6, 6.07) is 1.60. The van der Waals surface area contributed by atoms with Crippen molar-refractivity contribution in [3.63, 3.8) is 0 Å². The molecule has 38 heavy (non-hydrogen) atoms. The first kappa shape index (κ1) is 32.0. The van der Waals surface area contributed by atoms with Gasteiger partial charge in [0.25, 0.3) is 0 Å². The van der Waals surface area contributed by atoms with E-state index < -0.39 is 38.0 Å². The summed E-state index contributed by atoms with van der Waals surface area (Å²) in [4.78, 5) is 48.0. The van der Waals surface area contributed by atoms with Gasteiger partial charge in [-0.05, 0) is 6.07 Å². The first-order valence-electron chi connectivity index (χ1n) is 12.0. The second-order valence-corrected chi connectivity index (χ2v) is 13.3. The highest BCUT2D eigenvalue weighted by Crippen LogP contribution is 2.57. The molecule has 0 bridgehead atoms. The minimum Gasteiger partial charge on any atom is -0.433 e. The fourth-order valence-electron chi connectivity index (χ4n) is 3.20. The number of nitrogens with zero attached hydrogens (tertiary/aromatic N) is 2. The van der Waals surface area contributed by atoms with E-state index in [0.29, 0.717) is 18.0 Å². The number of amides is 2. The summed E-state index contributed by atoms with van der Waals surface area (Å²) in [7, 11) is -2.63. The van der Waals surface area contributed by atoms with Gasteiger partial charge in [-0.25, -0.2) is 13.9 Å². The molecular weight excluding hydrogens is 539 g/mol. The Bertz CT molecular complexity index is 1080. The molecule has 1 aliphatic heterocycles. The third kappa shape index (κ3) is 9.49. The lowest BCUT2D eigenvalue weighted by Crippen LogP contribution is -2.50. The van der Waals surface area contributed by atoms with Crippen LogP contribution in [0.25, 0.3) is 0 Å². The zero-order chi connectivity index (χ0) is 28.7. The maximum absolute atomic E-state index is 13.0. The molecule has 2 amide bonds. The van der Waals surface area contributed by atoms with Gasteiger partial charge in [0.05, 0.1) is 12.3 Å². The van der Waals surface area contributed by atoms with Gasteiger partial charge in [0.1, 0.15) is 5.69 Å². The monoisotopic (exact) mass is 576 g/mol. The predicted molar refractivity (Wildman–Crippen MR) is 139 cm³/mol. The van der Waals surface area contributed by atoms with Crippen molar-refractivity contribution in [3.8, 4) is 0 Å². The molecule has 1 aromatic heterocycles. The van der Waals surface area contributed by atoms with Gasteiger partial charge in [0, 0.05) is 50.1 Å². The van der Waals surface area contributed by atoms with Gasteiger partial charge in [0.15, 0.2) is 11.2 Å². The lowest BCUT2D eigenvalue weighted by molar-refractivity contribution is -0.143. The Morgan fingerprint density at radius 3 is 2.53 bits per heavy atom. The fraction of sp³-hybridized carbons (Fsp3) is 0.696. The molecule has 2 N–H and O–H groups in total. The standard InChI is InChI=1S/C23H37N4O9PS/c1-15(28)38-11-10-24-18(29)8-9-25-20(30)19-23(5,6)13-34-37(32,36-19)35-14-33-21(31)16-12-17(22(2,3)4)26-27(16)7/h12,19H,8-11,13-14H2,1-7H3,(H,24,29)(H,25,30)/t19-,37+/m0/s1. The fourth-order valence-corrected chi connectivity index (χ4v) is 5.20. The highest BCUT2D eigenvalue weighted by molar-refractivity contribution is 8.13. The smallest absolute Gasteiger partial charge is 0.433 e. The molecule has 13 nitrogen and oxygen atoms in total. The molecule has 1 saturated heterocycles. The number of ether oxygens (including phenoxy) is 1. The summed E-state index contributed by atoms with van der Waals surface area (Å²) in [5.74, 6) is -1.17. The van der Waals surface area contributed by atoms with Crippen LogP contribution >= 0.6 is 19.6 Å². The van der Waals surface area contributed by atoms with Gasteiger partial charge in [-0.1, -0.05) is 46.4 Å². The number of phosphoric acid groups is 1. The third-order valence-corrected chi connectivity index (χ3v) is 7.57. The predicted octanol–water partition coefficient (Wildman–Crippen LogP) is 2.30. The Labute approximate surface area is 226 Å². The van der Waals surface area contributed by atoms with E-state index >= 15 is 0 Å². The second-order valence-electron chi connectivity index (χ2n) is 10.4. The molecule has 1 aliphatic rings. The van der Waals surface area contributed by atoms with Crippen molar-refractivity contribution in [2.75, 3.05) is 32.2 Å². The van der Waals surface area contributed by atoms with Crippen LogP contribution < -0.4 is 10.6 Å². The zero-order valence-corrected chi connectivity index (χ0v) is 24.5. The van der Waals surface area contributed by atoms with E-state index in [2.05, 4.69) is 15.7 Å². The molecule has 2 rings (SSSR count). The molecule has 0 aromatic carbocycles. The van der Waals surface area contributed by atoms with Gasteiger partial charge in [-0.2, -0.15) is 5.10 Å². The number of thioether (sulfide) groups is 1. The van der Waals surface area contributed by atoms with E-state index in [4.69, 9.17) is 18.3 Å². The third-order valence-electron chi connectivity index (χ3n) is 5.42. The summed E-state index contributed by atoms with van der Waals surface area (Å²) in [5, 5.41) is 9.52. The van der Waals surface area contributed by atoms with Crippen molar-refractivity contribution in [1.29, 1.82) is 0 Å². The molecule has 15 heteroatoms. The minimum absolute atomic E-state index is 0.00911. The topological polar surface area (TPSA) is 164 Å². The molecule has 2 atom stereocenters. The molecule has 2 heterocycles. The van der Waals surface area contributed by atoms with E-state index in [9.17, 15) is 23.7 Å². The Kier molecular flexibility index (Phi) is 11.1. The average molecular weight is 577 g/mol. The van der Waals surface area contributed by atoms with E-state index in [0.717, 1.165) is 11.8 Å². The molecule has 0 saturated carbocycles. The molecular formula is C23H37N4O9PS. The normalized spacial score (nSPS) is 21.0. The van der Waals surface area contributed by atoms with Crippen molar-refractivity contribution >= 4 is 42.5 Å². The Morgan fingerprint density at radius 1 is 1.24 bits per heavy atom. The van der Waals surface area contributed by atoms with Crippen LogP contribution in [-0.2, 0) is 49.7 Å². The number of esters is 1. The summed E-state index contributed by atoms with van der Waals surface area (Å²) in [5.41, 5.74) is -0.257. The lowest BCUT2D eigenvalue weighted by Gasteiger charge is -2.39. The lowest BCUT2D eigenvalue weighted by atomic mass is 9.87. The highest BCUT2D eigenvalue weighted by Gasteiger charge is 2.49. The van der Waals surface area contributed by atoms with Gasteiger partial charge in [-0.15, -0.1) is 0 Å². The first-order chi connectivity index (χ1) is 17.5. The van der Waals surface area contributed by atoms with E-state index in [1.807, 2.05) is 20.8 Å². The molecule has 1 fully saturated rings. The number of hydrogen-bond donors (Lipinski definition) is 2. The first-order valence-corrected chi connectivity index (χ1v) is 14.5. The number of aryl methyl sites for hydroxylation is 1. The van der Waals surface area contributed by atoms with Gasteiger partial charge < -0.3 is 15.4 Å². The summed E-state index contributed by atoms with van der Waals surface area (Å²) in [6.45, 7) is 10.2. The maximum Gasteiger partial charge on any atom is 0.478 e. The number of rotatable bonds is 11. The Morgan fingerprint density at radius 2 is 1.92 bits per heavy atom. The molecule has 0 aliphatic carbocycles. The van der Waals surface area contributed by atoms with E-state index in [-0.39, 0.29) is 41.7 Å². The van der Waals surface area contributed by atoms with Gasteiger partial charge in [0.2, 0.25) is 18.6 Å². The number of carbonyl (C=O) groups is 4. The van der Waals surface area contributed by atoms with Crippen LogP contribution in [0.5, 0.6) is 0 Å². The zero-order valence-electron chi connectivity index (χ0n) is 22.8. The van der Waals surface area contributed by atoms with Crippen LogP contribution in [0.4, 0.5) is 0 Å². The number of carbonyl (C=O) groups excluding carboxylic acids is 4. The molecule has 214 valence electrons. The summed E-state index contributed by atoms with van der Waals surface area (Å²) < 4.78 is 35.3. The summed E-state index contributed by atoms with van der Waals surface area (Å²) >= 11 is 1.11. The quantitative estimate of drug-likeness (QED) is 0.172. The van der Waals surface area contributed by atoms with Crippen molar-refractivity contribution in [2.45, 2.75) is 59.5 Å². The number of phosphoric ester groups is 1. The molecule has 0 radical (unpaired) electrons. The molecule has 0 unspecified atom stereocenters.